The smallest absolute Gasteiger partial charge is 0.106 e. The minimum absolute atomic E-state index is 0.240. The SMILES string of the molecule is Cc1ccc(C(NN)c2cnn(-c3ccccc3)n2)cn1. The van der Waals surface area contributed by atoms with Gasteiger partial charge in [0.15, 0.2) is 0 Å². The fourth-order valence-electron chi connectivity index (χ4n) is 2.10. The molecule has 6 heteroatoms. The Morgan fingerprint density at radius 3 is 2.57 bits per heavy atom. The fraction of sp³-hybridized carbons (Fsp3) is 0.133. The van der Waals surface area contributed by atoms with Crippen LogP contribution >= 0.6 is 0 Å². The maximum atomic E-state index is 5.67. The molecule has 0 saturated carbocycles. The van der Waals surface area contributed by atoms with Gasteiger partial charge in [0.1, 0.15) is 5.69 Å². The minimum Gasteiger partial charge on any atom is -0.271 e. The summed E-state index contributed by atoms with van der Waals surface area (Å²) in [6, 6.07) is 13.4. The molecule has 6 nitrogen and oxygen atoms in total. The third-order valence-corrected chi connectivity index (χ3v) is 3.23. The van der Waals surface area contributed by atoms with Gasteiger partial charge in [0.2, 0.25) is 0 Å². The zero-order chi connectivity index (χ0) is 14.7. The van der Waals surface area contributed by atoms with Crippen LogP contribution in [0.25, 0.3) is 5.69 Å². The largest absolute Gasteiger partial charge is 0.271 e. The number of aromatic nitrogens is 4. The van der Waals surface area contributed by atoms with Crippen LogP contribution in [0.1, 0.15) is 23.0 Å². The van der Waals surface area contributed by atoms with Crippen molar-refractivity contribution < 1.29 is 0 Å². The minimum atomic E-state index is -0.240. The van der Waals surface area contributed by atoms with Gasteiger partial charge < -0.3 is 0 Å². The lowest BCUT2D eigenvalue weighted by atomic mass is 10.1. The Morgan fingerprint density at radius 2 is 1.90 bits per heavy atom. The third-order valence-electron chi connectivity index (χ3n) is 3.23. The summed E-state index contributed by atoms with van der Waals surface area (Å²) in [4.78, 5) is 5.87. The summed E-state index contributed by atoms with van der Waals surface area (Å²) in [6.07, 6.45) is 3.50. The number of rotatable bonds is 4. The molecule has 1 aromatic carbocycles. The average Bonchev–Trinajstić information content (AvgIpc) is 3.00. The molecule has 0 fully saturated rings. The van der Waals surface area contributed by atoms with E-state index in [1.165, 1.54) is 0 Å². The molecule has 1 atom stereocenters. The lowest BCUT2D eigenvalue weighted by Crippen LogP contribution is -2.29. The zero-order valence-electron chi connectivity index (χ0n) is 11.6. The molecule has 0 radical (unpaired) electrons. The van der Waals surface area contributed by atoms with Crippen LogP contribution in [0, 0.1) is 6.92 Å². The Balaban J connectivity index is 1.92. The molecule has 3 rings (SSSR count). The first-order valence-corrected chi connectivity index (χ1v) is 6.64. The quantitative estimate of drug-likeness (QED) is 0.559. The normalized spacial score (nSPS) is 12.3. The number of para-hydroxylation sites is 1. The van der Waals surface area contributed by atoms with E-state index < -0.39 is 0 Å². The van der Waals surface area contributed by atoms with Crippen molar-refractivity contribution in [3.8, 4) is 5.69 Å². The Bertz CT molecular complexity index is 705. The highest BCUT2D eigenvalue weighted by Gasteiger charge is 2.16. The van der Waals surface area contributed by atoms with E-state index in [1.807, 2.05) is 49.4 Å². The van der Waals surface area contributed by atoms with Crippen LogP contribution in [0.2, 0.25) is 0 Å². The molecular weight excluding hydrogens is 264 g/mol. The molecule has 0 aliphatic rings. The molecular formula is C15H16N6. The van der Waals surface area contributed by atoms with Gasteiger partial charge in [0.25, 0.3) is 0 Å². The number of nitrogens with zero attached hydrogens (tertiary/aromatic N) is 4. The van der Waals surface area contributed by atoms with Crippen molar-refractivity contribution in [3.05, 3.63) is 71.8 Å². The van der Waals surface area contributed by atoms with Gasteiger partial charge in [0, 0.05) is 11.9 Å². The van der Waals surface area contributed by atoms with E-state index >= 15 is 0 Å². The van der Waals surface area contributed by atoms with E-state index in [4.69, 9.17) is 5.84 Å². The predicted molar refractivity (Wildman–Crippen MR) is 79.5 cm³/mol. The van der Waals surface area contributed by atoms with Crippen molar-refractivity contribution in [1.82, 2.24) is 25.4 Å². The highest BCUT2D eigenvalue weighted by atomic mass is 15.5. The van der Waals surface area contributed by atoms with Crippen LogP contribution in [0.3, 0.4) is 0 Å². The molecule has 0 aliphatic carbocycles. The third kappa shape index (κ3) is 2.81. The number of aryl methyl sites for hydroxylation is 1. The summed E-state index contributed by atoms with van der Waals surface area (Å²) in [5.74, 6) is 5.67. The first-order valence-electron chi connectivity index (χ1n) is 6.64. The van der Waals surface area contributed by atoms with Gasteiger partial charge in [-0.2, -0.15) is 15.0 Å². The molecule has 1 unspecified atom stereocenters. The molecule has 3 N–H and O–H groups in total. The lowest BCUT2D eigenvalue weighted by molar-refractivity contribution is 0.607. The molecule has 0 saturated heterocycles. The molecule has 2 aromatic heterocycles. The summed E-state index contributed by atoms with van der Waals surface area (Å²) in [5.41, 5.74) is 6.32. The Labute approximate surface area is 122 Å². The van der Waals surface area contributed by atoms with Gasteiger partial charge in [0.05, 0.1) is 17.9 Å². The van der Waals surface area contributed by atoms with E-state index in [0.717, 1.165) is 22.6 Å². The standard InChI is InChI=1S/C15H16N6/c1-11-7-8-12(9-17-11)15(19-16)14-10-18-21(20-14)13-5-3-2-4-6-13/h2-10,15,19H,16H2,1H3. The van der Waals surface area contributed by atoms with Gasteiger partial charge in [-0.1, -0.05) is 24.3 Å². The first-order chi connectivity index (χ1) is 10.3. The van der Waals surface area contributed by atoms with E-state index in [2.05, 4.69) is 20.6 Å². The maximum absolute atomic E-state index is 5.67. The fourth-order valence-corrected chi connectivity index (χ4v) is 2.10. The second-order valence-corrected chi connectivity index (χ2v) is 4.73. The van der Waals surface area contributed by atoms with Gasteiger partial charge in [-0.15, -0.1) is 0 Å². The number of nitrogens with one attached hydrogen (secondary N) is 1. The van der Waals surface area contributed by atoms with Gasteiger partial charge >= 0.3 is 0 Å². The van der Waals surface area contributed by atoms with Crippen molar-refractivity contribution in [1.29, 1.82) is 0 Å². The van der Waals surface area contributed by atoms with Crippen LogP contribution in [0.15, 0.2) is 54.9 Å². The maximum Gasteiger partial charge on any atom is 0.106 e. The van der Waals surface area contributed by atoms with E-state index in [9.17, 15) is 0 Å². The summed E-state index contributed by atoms with van der Waals surface area (Å²) in [6.45, 7) is 1.94. The van der Waals surface area contributed by atoms with E-state index in [-0.39, 0.29) is 6.04 Å². The number of nitrogens with two attached hydrogens (primary N) is 1. The molecule has 2 heterocycles. The van der Waals surface area contributed by atoms with Crippen molar-refractivity contribution in [2.24, 2.45) is 5.84 Å². The molecule has 106 valence electrons. The Kier molecular flexibility index (Phi) is 3.72. The van der Waals surface area contributed by atoms with Crippen molar-refractivity contribution in [2.75, 3.05) is 0 Å². The van der Waals surface area contributed by atoms with Crippen molar-refractivity contribution >= 4 is 0 Å². The monoisotopic (exact) mass is 280 g/mol. The number of hydrazine groups is 1. The van der Waals surface area contributed by atoms with E-state index in [0.29, 0.717) is 0 Å². The second-order valence-electron chi connectivity index (χ2n) is 4.73. The molecule has 21 heavy (non-hydrogen) atoms. The van der Waals surface area contributed by atoms with Gasteiger partial charge in [-0.05, 0) is 30.7 Å². The van der Waals surface area contributed by atoms with E-state index in [1.54, 1.807) is 17.2 Å². The van der Waals surface area contributed by atoms with Gasteiger partial charge in [-0.25, -0.2) is 5.43 Å². The summed E-state index contributed by atoms with van der Waals surface area (Å²) < 4.78 is 0. The Morgan fingerprint density at radius 1 is 1.10 bits per heavy atom. The topological polar surface area (TPSA) is 81.6 Å². The lowest BCUT2D eigenvalue weighted by Gasteiger charge is -2.13. The predicted octanol–water partition coefficient (Wildman–Crippen LogP) is 1.52. The van der Waals surface area contributed by atoms with Crippen LogP contribution < -0.4 is 11.3 Å². The van der Waals surface area contributed by atoms with Crippen molar-refractivity contribution in [3.63, 3.8) is 0 Å². The van der Waals surface area contributed by atoms with Crippen LogP contribution in [0.4, 0.5) is 0 Å². The van der Waals surface area contributed by atoms with Crippen LogP contribution in [-0.2, 0) is 0 Å². The molecule has 0 bridgehead atoms. The van der Waals surface area contributed by atoms with Crippen LogP contribution in [0.5, 0.6) is 0 Å². The zero-order valence-corrected chi connectivity index (χ0v) is 11.6. The van der Waals surface area contributed by atoms with Crippen LogP contribution in [-0.4, -0.2) is 20.0 Å². The highest BCUT2D eigenvalue weighted by Crippen LogP contribution is 2.19. The number of hydrogen-bond donors (Lipinski definition) is 2. The summed E-state index contributed by atoms with van der Waals surface area (Å²) >= 11 is 0. The molecule has 0 aliphatic heterocycles. The second kappa shape index (κ2) is 5.82. The highest BCUT2D eigenvalue weighted by molar-refractivity contribution is 5.30. The number of hydrogen-bond acceptors (Lipinski definition) is 5. The molecule has 0 amide bonds. The summed E-state index contributed by atoms with van der Waals surface area (Å²) in [5, 5.41) is 8.77. The Hall–Kier alpha value is -2.57. The first kappa shape index (κ1) is 13.4. The van der Waals surface area contributed by atoms with Gasteiger partial charge in [-0.3, -0.25) is 10.8 Å². The number of benzene rings is 1. The summed E-state index contributed by atoms with van der Waals surface area (Å²) in [7, 11) is 0. The average molecular weight is 280 g/mol. The molecule has 0 spiro atoms. The van der Waals surface area contributed by atoms with Crippen molar-refractivity contribution in [2.45, 2.75) is 13.0 Å². The number of pyridine rings is 1. The molecule has 3 aromatic rings.